The van der Waals surface area contributed by atoms with E-state index in [4.69, 9.17) is 5.73 Å². The highest BCUT2D eigenvalue weighted by Crippen LogP contribution is 2.49. The largest absolute Gasteiger partial charge is 0.388 e. The molecule has 3 heteroatoms. The molecule has 3 nitrogen and oxygen atoms in total. The van der Waals surface area contributed by atoms with Gasteiger partial charge in [-0.05, 0) is 58.0 Å². The first-order chi connectivity index (χ1) is 8.55. The van der Waals surface area contributed by atoms with E-state index in [-0.39, 0.29) is 5.41 Å². The van der Waals surface area contributed by atoms with Crippen molar-refractivity contribution in [2.45, 2.75) is 57.5 Å². The van der Waals surface area contributed by atoms with Crippen molar-refractivity contribution in [1.82, 2.24) is 4.90 Å². The van der Waals surface area contributed by atoms with Gasteiger partial charge in [0.05, 0.1) is 5.60 Å². The molecular weight excluding hydrogens is 224 g/mol. The van der Waals surface area contributed by atoms with E-state index >= 15 is 0 Å². The van der Waals surface area contributed by atoms with Crippen LogP contribution in [0.2, 0.25) is 0 Å². The molecule has 3 N–H and O–H groups in total. The molecule has 0 amide bonds. The Morgan fingerprint density at radius 1 is 1.28 bits per heavy atom. The van der Waals surface area contributed by atoms with Crippen molar-refractivity contribution in [1.29, 1.82) is 0 Å². The van der Waals surface area contributed by atoms with Crippen LogP contribution in [0.1, 0.15) is 51.9 Å². The summed E-state index contributed by atoms with van der Waals surface area (Å²) in [4.78, 5) is 2.27. The second kappa shape index (κ2) is 5.48. The highest BCUT2D eigenvalue weighted by molar-refractivity contribution is 5.04. The van der Waals surface area contributed by atoms with Crippen molar-refractivity contribution >= 4 is 0 Å². The molecule has 18 heavy (non-hydrogen) atoms. The fourth-order valence-electron chi connectivity index (χ4n) is 4.18. The minimum atomic E-state index is -0.548. The van der Waals surface area contributed by atoms with Crippen LogP contribution in [0.5, 0.6) is 0 Å². The summed E-state index contributed by atoms with van der Waals surface area (Å²) in [6.07, 6.45) is 8.05. The lowest BCUT2D eigenvalue weighted by Gasteiger charge is -2.53. The molecule has 0 aromatic heterocycles. The Bertz CT molecular complexity index is 274. The van der Waals surface area contributed by atoms with Crippen molar-refractivity contribution in [3.63, 3.8) is 0 Å². The van der Waals surface area contributed by atoms with Crippen molar-refractivity contribution in [3.05, 3.63) is 0 Å². The Morgan fingerprint density at radius 3 is 2.44 bits per heavy atom. The highest BCUT2D eigenvalue weighted by atomic mass is 16.3. The zero-order valence-electron chi connectivity index (χ0n) is 12.1. The van der Waals surface area contributed by atoms with Crippen molar-refractivity contribution in [3.8, 4) is 0 Å². The van der Waals surface area contributed by atoms with Crippen LogP contribution < -0.4 is 5.73 Å². The summed E-state index contributed by atoms with van der Waals surface area (Å²) in [5.74, 6) is 0.856. The van der Waals surface area contributed by atoms with Gasteiger partial charge in [-0.1, -0.05) is 13.3 Å². The topological polar surface area (TPSA) is 49.5 Å². The monoisotopic (exact) mass is 254 g/mol. The van der Waals surface area contributed by atoms with E-state index in [0.29, 0.717) is 6.54 Å². The van der Waals surface area contributed by atoms with E-state index < -0.39 is 5.60 Å². The number of aliphatic hydroxyl groups is 1. The number of β-amino-alcohol motifs (C(OH)–C–C–N with tert-alkyl or cyclic N) is 1. The first-order valence-electron chi connectivity index (χ1n) is 7.66. The van der Waals surface area contributed by atoms with Crippen LogP contribution >= 0.6 is 0 Å². The molecule has 106 valence electrons. The number of nitrogens with two attached hydrogens (primary N) is 1. The van der Waals surface area contributed by atoms with Crippen molar-refractivity contribution in [2.24, 2.45) is 17.1 Å². The van der Waals surface area contributed by atoms with E-state index in [1.165, 1.54) is 19.3 Å². The van der Waals surface area contributed by atoms with E-state index in [9.17, 15) is 5.11 Å². The van der Waals surface area contributed by atoms with Crippen LogP contribution in [0, 0.1) is 11.3 Å². The average Bonchev–Trinajstić information content (AvgIpc) is 2.38. The third kappa shape index (κ3) is 2.45. The van der Waals surface area contributed by atoms with Gasteiger partial charge in [0.25, 0.3) is 0 Å². The minimum absolute atomic E-state index is 0.0205. The number of piperidine rings is 1. The fraction of sp³-hybridized carbons (Fsp3) is 1.00. The van der Waals surface area contributed by atoms with Gasteiger partial charge in [0.15, 0.2) is 0 Å². The molecular formula is C15H30N2O. The molecule has 1 atom stereocenters. The van der Waals surface area contributed by atoms with E-state index in [0.717, 1.165) is 44.7 Å². The molecule has 2 rings (SSSR count). The normalized spacial score (nSPS) is 43.0. The standard InChI is InChI=1S/C15H30N2O/c1-3-13-5-8-14(11-16,9-6-13)15(18)7-4-10-17(2)12-15/h13,18H,3-12,16H2,1-2H3. The van der Waals surface area contributed by atoms with Crippen LogP contribution in [0.25, 0.3) is 0 Å². The summed E-state index contributed by atoms with van der Waals surface area (Å²) in [5.41, 5.74) is 5.54. The lowest BCUT2D eigenvalue weighted by atomic mass is 9.59. The zero-order chi connectivity index (χ0) is 13.2. The summed E-state index contributed by atoms with van der Waals surface area (Å²) >= 11 is 0. The second-order valence-electron chi connectivity index (χ2n) is 6.71. The average molecular weight is 254 g/mol. The number of likely N-dealkylation sites (tertiary alicyclic amines) is 1. The lowest BCUT2D eigenvalue weighted by Crippen LogP contribution is -2.61. The third-order valence-electron chi connectivity index (χ3n) is 5.68. The number of hydrogen-bond acceptors (Lipinski definition) is 3. The fourth-order valence-corrected chi connectivity index (χ4v) is 4.18. The maximum atomic E-state index is 11.2. The van der Waals surface area contributed by atoms with Gasteiger partial charge in [-0.2, -0.15) is 0 Å². The molecule has 1 saturated heterocycles. The first kappa shape index (κ1) is 14.3. The maximum Gasteiger partial charge on any atom is 0.0842 e. The SMILES string of the molecule is CCC1CCC(CN)(C2(O)CCCN(C)C2)CC1. The van der Waals surface area contributed by atoms with Crippen LogP contribution in [0.15, 0.2) is 0 Å². The minimum Gasteiger partial charge on any atom is -0.388 e. The van der Waals surface area contributed by atoms with Gasteiger partial charge in [-0.15, -0.1) is 0 Å². The predicted molar refractivity (Wildman–Crippen MR) is 75.4 cm³/mol. The van der Waals surface area contributed by atoms with Gasteiger partial charge in [0.1, 0.15) is 0 Å². The number of hydrogen-bond donors (Lipinski definition) is 2. The molecule has 1 aliphatic heterocycles. The van der Waals surface area contributed by atoms with Gasteiger partial charge in [0.2, 0.25) is 0 Å². The van der Waals surface area contributed by atoms with Crippen LogP contribution in [-0.4, -0.2) is 42.3 Å². The van der Waals surface area contributed by atoms with Gasteiger partial charge < -0.3 is 15.7 Å². The Labute approximate surface area is 112 Å². The molecule has 2 fully saturated rings. The Hall–Kier alpha value is -0.120. The molecule has 1 heterocycles. The number of likely N-dealkylation sites (N-methyl/N-ethyl adjacent to an activating group) is 1. The first-order valence-corrected chi connectivity index (χ1v) is 7.66. The summed E-state index contributed by atoms with van der Waals surface area (Å²) < 4.78 is 0. The second-order valence-corrected chi connectivity index (χ2v) is 6.71. The molecule has 1 aliphatic carbocycles. The van der Waals surface area contributed by atoms with E-state index in [1.54, 1.807) is 0 Å². The maximum absolute atomic E-state index is 11.2. The number of nitrogens with zero attached hydrogens (tertiary/aromatic N) is 1. The quantitative estimate of drug-likeness (QED) is 0.810. The van der Waals surface area contributed by atoms with Gasteiger partial charge in [-0.25, -0.2) is 0 Å². The highest BCUT2D eigenvalue weighted by Gasteiger charge is 2.51. The lowest BCUT2D eigenvalue weighted by molar-refractivity contribution is -0.138. The zero-order valence-corrected chi connectivity index (χ0v) is 12.1. The molecule has 1 unspecified atom stereocenters. The summed E-state index contributed by atoms with van der Waals surface area (Å²) in [5, 5.41) is 11.2. The smallest absolute Gasteiger partial charge is 0.0842 e. The Balaban J connectivity index is 2.11. The molecule has 0 aromatic carbocycles. The summed E-state index contributed by atoms with van der Waals surface area (Å²) in [6, 6.07) is 0. The summed E-state index contributed by atoms with van der Waals surface area (Å²) in [7, 11) is 2.12. The van der Waals surface area contributed by atoms with Crippen molar-refractivity contribution in [2.75, 3.05) is 26.7 Å². The van der Waals surface area contributed by atoms with Gasteiger partial charge >= 0.3 is 0 Å². The van der Waals surface area contributed by atoms with Crippen molar-refractivity contribution < 1.29 is 5.11 Å². The Kier molecular flexibility index (Phi) is 4.35. The molecule has 0 radical (unpaired) electrons. The predicted octanol–water partition coefficient (Wildman–Crippen LogP) is 1.99. The van der Waals surface area contributed by atoms with Crippen LogP contribution in [-0.2, 0) is 0 Å². The Morgan fingerprint density at radius 2 is 1.94 bits per heavy atom. The van der Waals surface area contributed by atoms with Crippen LogP contribution in [0.4, 0.5) is 0 Å². The number of rotatable bonds is 3. The van der Waals surface area contributed by atoms with Gasteiger partial charge in [-0.3, -0.25) is 0 Å². The molecule has 0 spiro atoms. The molecule has 0 bridgehead atoms. The molecule has 2 aliphatic rings. The van der Waals surface area contributed by atoms with Crippen LogP contribution in [0.3, 0.4) is 0 Å². The molecule has 0 aromatic rings. The van der Waals surface area contributed by atoms with Gasteiger partial charge in [0, 0.05) is 18.5 Å². The summed E-state index contributed by atoms with van der Waals surface area (Å²) in [6.45, 7) is 4.85. The molecule has 1 saturated carbocycles. The van der Waals surface area contributed by atoms with E-state index in [1.807, 2.05) is 0 Å². The third-order valence-corrected chi connectivity index (χ3v) is 5.68. The van der Waals surface area contributed by atoms with E-state index in [2.05, 4.69) is 18.9 Å².